The molecule has 1 unspecified atom stereocenters. The van der Waals surface area contributed by atoms with Crippen molar-refractivity contribution in [3.63, 3.8) is 0 Å². The highest BCUT2D eigenvalue weighted by Crippen LogP contribution is 2.18. The molecule has 0 bridgehead atoms. The Hall–Kier alpha value is -2.12. The number of morpholine rings is 1. The van der Waals surface area contributed by atoms with Crippen LogP contribution >= 0.6 is 11.6 Å². The smallest absolute Gasteiger partial charge is 0.248 e. The van der Waals surface area contributed by atoms with Gasteiger partial charge in [-0.25, -0.2) is 4.99 Å². The predicted octanol–water partition coefficient (Wildman–Crippen LogP) is 1.93. The highest BCUT2D eigenvalue weighted by molar-refractivity contribution is 6.30. The normalized spacial score (nSPS) is 19.1. The Bertz CT molecular complexity index is 685. The van der Waals surface area contributed by atoms with Gasteiger partial charge >= 0.3 is 0 Å². The van der Waals surface area contributed by atoms with Gasteiger partial charge in [0.15, 0.2) is 5.96 Å². The van der Waals surface area contributed by atoms with E-state index in [0.29, 0.717) is 29.3 Å². The lowest BCUT2D eigenvalue weighted by molar-refractivity contribution is 0.00527. The Balaban J connectivity index is 1.64. The first-order valence-electron chi connectivity index (χ1n) is 7.37. The number of hydrogen-bond donors (Lipinski definition) is 1. The molecule has 0 saturated carbocycles. The van der Waals surface area contributed by atoms with Crippen LogP contribution in [0.25, 0.3) is 11.4 Å². The van der Waals surface area contributed by atoms with Crippen molar-refractivity contribution in [2.75, 3.05) is 19.7 Å². The predicted molar refractivity (Wildman–Crippen MR) is 87.1 cm³/mol. The summed E-state index contributed by atoms with van der Waals surface area (Å²) in [4.78, 5) is 10.6. The molecule has 8 heteroatoms. The maximum Gasteiger partial charge on any atom is 0.248 e. The fourth-order valence-corrected chi connectivity index (χ4v) is 2.44. The van der Waals surface area contributed by atoms with E-state index in [2.05, 4.69) is 15.1 Å². The first-order valence-corrected chi connectivity index (χ1v) is 7.74. The molecular formula is C15H18ClN5O2. The number of aromatic nitrogens is 2. The second-order valence-electron chi connectivity index (χ2n) is 5.32. The average molecular weight is 336 g/mol. The van der Waals surface area contributed by atoms with Crippen LogP contribution in [-0.4, -0.2) is 46.8 Å². The van der Waals surface area contributed by atoms with E-state index in [1.807, 2.05) is 24.0 Å². The summed E-state index contributed by atoms with van der Waals surface area (Å²) in [6.45, 7) is 4.38. The third-order valence-corrected chi connectivity index (χ3v) is 3.76. The number of rotatable bonds is 3. The number of ether oxygens (including phenoxy) is 1. The minimum atomic E-state index is 0.150. The summed E-state index contributed by atoms with van der Waals surface area (Å²) in [7, 11) is 0. The average Bonchev–Trinajstić information content (AvgIpc) is 3.02. The first-order chi connectivity index (χ1) is 11.1. The highest BCUT2D eigenvalue weighted by Gasteiger charge is 2.18. The zero-order valence-electron chi connectivity index (χ0n) is 12.8. The number of guanidine groups is 1. The van der Waals surface area contributed by atoms with Gasteiger partial charge in [-0.2, -0.15) is 4.98 Å². The molecule has 0 aliphatic carbocycles. The molecule has 0 radical (unpaired) electrons. The molecule has 1 saturated heterocycles. The summed E-state index contributed by atoms with van der Waals surface area (Å²) < 4.78 is 10.7. The van der Waals surface area contributed by atoms with Crippen molar-refractivity contribution in [3.8, 4) is 11.4 Å². The summed E-state index contributed by atoms with van der Waals surface area (Å²) in [6.07, 6.45) is 0.150. The number of hydrogen-bond acceptors (Lipinski definition) is 5. The summed E-state index contributed by atoms with van der Waals surface area (Å²) in [5.41, 5.74) is 6.85. The summed E-state index contributed by atoms with van der Waals surface area (Å²) in [5, 5.41) is 4.61. The molecule has 2 heterocycles. The summed E-state index contributed by atoms with van der Waals surface area (Å²) >= 11 is 5.86. The molecule has 1 aromatic carbocycles. The number of aliphatic imine (C=N–C) groups is 1. The van der Waals surface area contributed by atoms with E-state index in [1.54, 1.807) is 12.1 Å². The monoisotopic (exact) mass is 335 g/mol. The SMILES string of the molecule is CC1CN(C(N)=NCc2nc(-c3ccc(Cl)cc3)no2)CCO1. The van der Waals surface area contributed by atoms with E-state index in [0.717, 1.165) is 18.7 Å². The van der Waals surface area contributed by atoms with Crippen LogP contribution in [0.3, 0.4) is 0 Å². The molecule has 2 aromatic rings. The highest BCUT2D eigenvalue weighted by atomic mass is 35.5. The van der Waals surface area contributed by atoms with Crippen LogP contribution in [0.5, 0.6) is 0 Å². The van der Waals surface area contributed by atoms with Gasteiger partial charge in [-0.3, -0.25) is 0 Å². The van der Waals surface area contributed by atoms with Crippen LogP contribution in [0.4, 0.5) is 0 Å². The largest absolute Gasteiger partial charge is 0.375 e. The van der Waals surface area contributed by atoms with Gasteiger partial charge in [0.05, 0.1) is 12.7 Å². The Kier molecular flexibility index (Phi) is 4.78. The number of nitrogens with two attached hydrogens (primary N) is 1. The minimum absolute atomic E-state index is 0.150. The standard InChI is InChI=1S/C15H18ClN5O2/c1-10-9-21(6-7-22-10)15(17)18-8-13-19-14(20-23-13)11-2-4-12(16)5-3-11/h2-5,10H,6-9H2,1H3,(H2,17,18). The van der Waals surface area contributed by atoms with Crippen molar-refractivity contribution in [1.82, 2.24) is 15.0 Å². The van der Waals surface area contributed by atoms with Gasteiger partial charge in [-0.05, 0) is 31.2 Å². The van der Waals surface area contributed by atoms with Crippen LogP contribution in [0.2, 0.25) is 5.02 Å². The summed E-state index contributed by atoms with van der Waals surface area (Å²) in [6, 6.07) is 7.23. The van der Waals surface area contributed by atoms with Gasteiger partial charge in [0.25, 0.3) is 0 Å². The van der Waals surface area contributed by atoms with Crippen LogP contribution < -0.4 is 5.73 Å². The molecule has 1 aliphatic rings. The molecule has 2 N–H and O–H groups in total. The lowest BCUT2D eigenvalue weighted by Gasteiger charge is -2.31. The van der Waals surface area contributed by atoms with Gasteiger partial charge in [-0.15, -0.1) is 0 Å². The molecule has 0 amide bonds. The molecule has 7 nitrogen and oxygen atoms in total. The van der Waals surface area contributed by atoms with E-state index in [4.69, 9.17) is 26.6 Å². The third kappa shape index (κ3) is 4.00. The Morgan fingerprint density at radius 3 is 2.96 bits per heavy atom. The fraction of sp³-hybridized carbons (Fsp3) is 0.400. The van der Waals surface area contributed by atoms with E-state index < -0.39 is 0 Å². The maximum atomic E-state index is 6.01. The van der Waals surface area contributed by atoms with Gasteiger partial charge < -0.3 is 19.9 Å². The van der Waals surface area contributed by atoms with Crippen molar-refractivity contribution in [1.29, 1.82) is 0 Å². The van der Waals surface area contributed by atoms with E-state index >= 15 is 0 Å². The molecule has 0 spiro atoms. The molecular weight excluding hydrogens is 318 g/mol. The van der Waals surface area contributed by atoms with Crippen molar-refractivity contribution in [2.24, 2.45) is 10.7 Å². The van der Waals surface area contributed by atoms with Crippen LogP contribution in [0.1, 0.15) is 12.8 Å². The Morgan fingerprint density at radius 1 is 1.43 bits per heavy atom. The molecule has 3 rings (SSSR count). The van der Waals surface area contributed by atoms with Gasteiger partial charge in [0.1, 0.15) is 6.54 Å². The molecule has 1 aliphatic heterocycles. The van der Waals surface area contributed by atoms with Gasteiger partial charge in [0, 0.05) is 23.7 Å². The molecule has 122 valence electrons. The van der Waals surface area contributed by atoms with Crippen LogP contribution in [-0.2, 0) is 11.3 Å². The number of nitrogens with zero attached hydrogens (tertiary/aromatic N) is 4. The van der Waals surface area contributed by atoms with Crippen molar-refractivity contribution >= 4 is 17.6 Å². The summed E-state index contributed by atoms with van der Waals surface area (Å²) in [5.74, 6) is 1.39. The fourth-order valence-electron chi connectivity index (χ4n) is 2.31. The number of benzene rings is 1. The third-order valence-electron chi connectivity index (χ3n) is 3.51. The molecule has 1 fully saturated rings. The zero-order chi connectivity index (χ0) is 16.2. The van der Waals surface area contributed by atoms with E-state index in [9.17, 15) is 0 Å². The lowest BCUT2D eigenvalue weighted by Crippen LogP contribution is -2.47. The molecule has 1 aromatic heterocycles. The lowest BCUT2D eigenvalue weighted by atomic mass is 10.2. The Labute approximate surface area is 139 Å². The Morgan fingerprint density at radius 2 is 2.22 bits per heavy atom. The second-order valence-corrected chi connectivity index (χ2v) is 5.76. The quantitative estimate of drug-likeness (QED) is 0.681. The van der Waals surface area contributed by atoms with Crippen molar-refractivity contribution in [2.45, 2.75) is 19.6 Å². The number of halogens is 1. The second kappa shape index (κ2) is 6.97. The van der Waals surface area contributed by atoms with Crippen LogP contribution in [0.15, 0.2) is 33.8 Å². The van der Waals surface area contributed by atoms with Gasteiger partial charge in [0.2, 0.25) is 11.7 Å². The first kappa shape index (κ1) is 15.8. The molecule has 23 heavy (non-hydrogen) atoms. The topological polar surface area (TPSA) is 89.8 Å². The zero-order valence-corrected chi connectivity index (χ0v) is 13.5. The minimum Gasteiger partial charge on any atom is -0.375 e. The van der Waals surface area contributed by atoms with Crippen molar-refractivity contribution < 1.29 is 9.26 Å². The molecule has 1 atom stereocenters. The van der Waals surface area contributed by atoms with E-state index in [1.165, 1.54) is 0 Å². The van der Waals surface area contributed by atoms with Crippen molar-refractivity contribution in [3.05, 3.63) is 35.2 Å². The maximum absolute atomic E-state index is 6.01. The van der Waals surface area contributed by atoms with Gasteiger partial charge in [-0.1, -0.05) is 16.8 Å². The van der Waals surface area contributed by atoms with E-state index in [-0.39, 0.29) is 12.6 Å². The van der Waals surface area contributed by atoms with Crippen LogP contribution in [0, 0.1) is 0 Å².